The second-order valence-electron chi connectivity index (χ2n) is 4.40. The molecule has 2 aromatic rings. The molecular weight excluding hydrogens is 349 g/mol. The lowest BCUT2D eigenvalue weighted by molar-refractivity contribution is 0.103. The van der Waals surface area contributed by atoms with Crippen molar-refractivity contribution in [3.63, 3.8) is 0 Å². The van der Waals surface area contributed by atoms with Gasteiger partial charge in [-0.2, -0.15) is 5.26 Å². The summed E-state index contributed by atoms with van der Waals surface area (Å²) in [5.41, 5.74) is 0.876. The number of benzene rings is 2. The van der Waals surface area contributed by atoms with E-state index in [1.54, 1.807) is 24.3 Å². The molecule has 0 aliphatic heterocycles. The summed E-state index contributed by atoms with van der Waals surface area (Å²) in [4.78, 5) is 12.4. The van der Waals surface area contributed by atoms with Gasteiger partial charge < -0.3 is 4.74 Å². The molecule has 0 heterocycles. The molecule has 0 saturated carbocycles. The third-order valence-electron chi connectivity index (χ3n) is 2.95. The van der Waals surface area contributed by atoms with Crippen molar-refractivity contribution in [2.75, 3.05) is 7.11 Å². The van der Waals surface area contributed by atoms with Crippen molar-refractivity contribution >= 4 is 27.8 Å². The molecule has 0 amide bonds. The summed E-state index contributed by atoms with van der Waals surface area (Å²) in [7, 11) is 1.50. The van der Waals surface area contributed by atoms with Crippen molar-refractivity contribution in [3.05, 3.63) is 69.5 Å². The summed E-state index contributed by atoms with van der Waals surface area (Å²) in [5.74, 6) is -0.288. The number of allylic oxidation sites excluding steroid dienone is 1. The molecule has 0 spiro atoms. The molecule has 0 saturated heterocycles. The smallest absolute Gasteiger partial charge is 0.203 e. The highest BCUT2D eigenvalue weighted by atomic mass is 79.9. The lowest BCUT2D eigenvalue weighted by atomic mass is 10.0. The third-order valence-corrected chi connectivity index (χ3v) is 3.56. The van der Waals surface area contributed by atoms with Gasteiger partial charge in [0.1, 0.15) is 23.2 Å². The average Bonchev–Trinajstić information content (AvgIpc) is 2.55. The Hall–Kier alpha value is -2.45. The van der Waals surface area contributed by atoms with Gasteiger partial charge in [0.15, 0.2) is 0 Å². The summed E-state index contributed by atoms with van der Waals surface area (Å²) < 4.78 is 18.5. The van der Waals surface area contributed by atoms with Gasteiger partial charge in [0.2, 0.25) is 5.78 Å². The summed E-state index contributed by atoms with van der Waals surface area (Å²) in [5, 5.41) is 9.21. The third kappa shape index (κ3) is 3.60. The maximum Gasteiger partial charge on any atom is 0.203 e. The van der Waals surface area contributed by atoms with Gasteiger partial charge in [0.25, 0.3) is 0 Å². The van der Waals surface area contributed by atoms with Crippen LogP contribution in [-0.2, 0) is 0 Å². The molecule has 110 valence electrons. The number of halogens is 2. The fourth-order valence-electron chi connectivity index (χ4n) is 1.84. The van der Waals surface area contributed by atoms with Gasteiger partial charge in [-0.3, -0.25) is 4.79 Å². The minimum absolute atomic E-state index is 0.0354. The van der Waals surface area contributed by atoms with E-state index < -0.39 is 11.6 Å². The molecule has 2 rings (SSSR count). The molecule has 0 unspecified atom stereocenters. The van der Waals surface area contributed by atoms with Crippen LogP contribution in [0.3, 0.4) is 0 Å². The van der Waals surface area contributed by atoms with Crippen LogP contribution in [0.1, 0.15) is 15.9 Å². The zero-order valence-corrected chi connectivity index (χ0v) is 13.2. The summed E-state index contributed by atoms with van der Waals surface area (Å²) >= 11 is 3.07. The zero-order valence-electron chi connectivity index (χ0n) is 11.6. The SMILES string of the molecule is COc1cccc(C(=O)/C(C#N)=C\c2ccc(F)c(Br)c2)c1. The van der Waals surface area contributed by atoms with Gasteiger partial charge in [0.05, 0.1) is 11.6 Å². The Morgan fingerprint density at radius 2 is 2.09 bits per heavy atom. The van der Waals surface area contributed by atoms with Gasteiger partial charge in [-0.1, -0.05) is 18.2 Å². The normalized spacial score (nSPS) is 10.9. The fraction of sp³-hybridized carbons (Fsp3) is 0.0588. The molecule has 0 bridgehead atoms. The van der Waals surface area contributed by atoms with Gasteiger partial charge in [-0.15, -0.1) is 0 Å². The van der Waals surface area contributed by atoms with E-state index in [4.69, 9.17) is 4.74 Å². The fourth-order valence-corrected chi connectivity index (χ4v) is 2.23. The Morgan fingerprint density at radius 1 is 1.32 bits per heavy atom. The number of ether oxygens (including phenoxy) is 1. The standard InChI is InChI=1S/C17H11BrFNO2/c1-22-14-4-2-3-12(9-14)17(21)13(10-20)7-11-5-6-16(19)15(18)8-11/h2-9H,1H3/b13-7-. The number of ketones is 1. The Balaban J connectivity index is 2.38. The van der Waals surface area contributed by atoms with E-state index in [0.717, 1.165) is 0 Å². The molecule has 3 nitrogen and oxygen atoms in total. The maximum atomic E-state index is 13.2. The van der Waals surface area contributed by atoms with E-state index >= 15 is 0 Å². The molecule has 0 aromatic heterocycles. The van der Waals surface area contributed by atoms with Gasteiger partial charge in [0, 0.05) is 5.56 Å². The number of methoxy groups -OCH3 is 1. The van der Waals surface area contributed by atoms with Gasteiger partial charge in [-0.25, -0.2) is 4.39 Å². The van der Waals surface area contributed by atoms with E-state index in [2.05, 4.69) is 15.9 Å². The number of nitrogens with zero attached hydrogens (tertiary/aromatic N) is 1. The lowest BCUT2D eigenvalue weighted by Gasteiger charge is -2.03. The van der Waals surface area contributed by atoms with Crippen LogP contribution in [0.15, 0.2) is 52.5 Å². The Morgan fingerprint density at radius 3 is 2.73 bits per heavy atom. The van der Waals surface area contributed by atoms with Crippen molar-refractivity contribution < 1.29 is 13.9 Å². The Labute approximate surface area is 135 Å². The number of carbonyl (C=O) groups is 1. The molecule has 0 N–H and O–H groups in total. The zero-order chi connectivity index (χ0) is 16.1. The first-order valence-electron chi connectivity index (χ1n) is 6.30. The van der Waals surface area contributed by atoms with Crippen LogP contribution >= 0.6 is 15.9 Å². The van der Waals surface area contributed by atoms with Crippen LogP contribution in [0.4, 0.5) is 4.39 Å². The van der Waals surface area contributed by atoms with E-state index in [9.17, 15) is 14.4 Å². The Bertz CT molecular complexity index is 793. The highest BCUT2D eigenvalue weighted by molar-refractivity contribution is 9.10. The lowest BCUT2D eigenvalue weighted by Crippen LogP contribution is -2.02. The average molecular weight is 360 g/mol. The molecule has 0 fully saturated rings. The van der Waals surface area contributed by atoms with E-state index in [1.165, 1.54) is 31.4 Å². The number of carbonyl (C=O) groups excluding carboxylic acids is 1. The second kappa shape index (κ2) is 7.01. The highest BCUT2D eigenvalue weighted by Crippen LogP contribution is 2.21. The minimum atomic E-state index is -0.415. The van der Waals surface area contributed by atoms with Crippen LogP contribution in [0.25, 0.3) is 6.08 Å². The van der Waals surface area contributed by atoms with E-state index in [1.807, 2.05) is 6.07 Å². The number of nitriles is 1. The molecular formula is C17H11BrFNO2. The first-order chi connectivity index (χ1) is 10.5. The van der Waals surface area contributed by atoms with Crippen molar-refractivity contribution in [2.45, 2.75) is 0 Å². The quantitative estimate of drug-likeness (QED) is 0.462. The van der Waals surface area contributed by atoms with Crippen LogP contribution in [-0.4, -0.2) is 12.9 Å². The topological polar surface area (TPSA) is 50.1 Å². The summed E-state index contributed by atoms with van der Waals surface area (Å²) in [6.45, 7) is 0. The molecule has 0 aliphatic carbocycles. The molecule has 5 heteroatoms. The van der Waals surface area contributed by atoms with Gasteiger partial charge in [-0.05, 0) is 51.8 Å². The molecule has 0 radical (unpaired) electrons. The number of hydrogen-bond acceptors (Lipinski definition) is 3. The van der Waals surface area contributed by atoms with E-state index in [-0.39, 0.29) is 10.0 Å². The largest absolute Gasteiger partial charge is 0.497 e. The molecule has 0 atom stereocenters. The highest BCUT2D eigenvalue weighted by Gasteiger charge is 2.13. The number of rotatable bonds is 4. The summed E-state index contributed by atoms with van der Waals surface area (Å²) in [6.07, 6.45) is 1.42. The van der Waals surface area contributed by atoms with Crippen molar-refractivity contribution in [1.82, 2.24) is 0 Å². The molecule has 2 aromatic carbocycles. The summed E-state index contributed by atoms with van der Waals surface area (Å²) in [6, 6.07) is 12.7. The van der Waals surface area contributed by atoms with Crippen molar-refractivity contribution in [1.29, 1.82) is 5.26 Å². The van der Waals surface area contributed by atoms with Crippen LogP contribution in [0.5, 0.6) is 5.75 Å². The van der Waals surface area contributed by atoms with Crippen LogP contribution in [0, 0.1) is 17.1 Å². The first-order valence-corrected chi connectivity index (χ1v) is 7.10. The number of Topliss-reactive ketones (excluding diaryl/α,β-unsaturated/α-hetero) is 1. The molecule has 22 heavy (non-hydrogen) atoms. The van der Waals surface area contributed by atoms with Gasteiger partial charge >= 0.3 is 0 Å². The molecule has 0 aliphatic rings. The van der Waals surface area contributed by atoms with Crippen molar-refractivity contribution in [2.24, 2.45) is 0 Å². The van der Waals surface area contributed by atoms with Crippen LogP contribution in [0.2, 0.25) is 0 Å². The van der Waals surface area contributed by atoms with E-state index in [0.29, 0.717) is 16.9 Å². The predicted octanol–water partition coefficient (Wildman–Crippen LogP) is 4.39. The van der Waals surface area contributed by atoms with Crippen LogP contribution < -0.4 is 4.74 Å². The Kier molecular flexibility index (Phi) is 5.08. The van der Waals surface area contributed by atoms with Crippen molar-refractivity contribution in [3.8, 4) is 11.8 Å². The maximum absolute atomic E-state index is 13.2. The predicted molar refractivity (Wildman–Crippen MR) is 85.0 cm³/mol. The number of hydrogen-bond donors (Lipinski definition) is 0. The first kappa shape index (κ1) is 15.9. The second-order valence-corrected chi connectivity index (χ2v) is 5.26. The minimum Gasteiger partial charge on any atom is -0.497 e. The monoisotopic (exact) mass is 359 g/mol.